The van der Waals surface area contributed by atoms with E-state index >= 15 is 0 Å². The number of aromatic nitrogens is 6. The van der Waals surface area contributed by atoms with Crippen LogP contribution in [-0.2, 0) is 0 Å². The van der Waals surface area contributed by atoms with Crippen molar-refractivity contribution < 1.29 is 33.1 Å². The SMILES string of the molecule is COc1ccc(-n2nc(C(=O)N3CCN(c4ccc([18F])nc4)CC3)c3csc(N)c3c2=O)cc1.COc1ccc(-n2nc(C(=O)N3CCN(c4ccc([N+](=O)[O-])nc4)CC3)c3csc(N)c3c2=O)cc1.[18F-]. The number of carbonyl (C=O) groups is 2. The van der Waals surface area contributed by atoms with E-state index in [0.717, 1.165) is 11.4 Å². The second-order valence-corrected chi connectivity index (χ2v) is 17.7. The van der Waals surface area contributed by atoms with Gasteiger partial charge in [-0.3, -0.25) is 19.2 Å². The first-order chi connectivity index (χ1) is 33.8. The van der Waals surface area contributed by atoms with Crippen LogP contribution in [0.1, 0.15) is 21.0 Å². The molecular formula is C46H42F2N13O8S2-. The molecule has 4 N–H and O–H groups in total. The molecule has 2 aromatic carbocycles. The molecule has 0 saturated carbocycles. The summed E-state index contributed by atoms with van der Waals surface area (Å²) < 4.78 is 25.9. The summed E-state index contributed by atoms with van der Waals surface area (Å²) >= 11 is 2.40. The number of nitrogen functional groups attached to an aromatic ring is 2. The highest BCUT2D eigenvalue weighted by Gasteiger charge is 2.30. The molecule has 0 spiro atoms. The van der Waals surface area contributed by atoms with Crippen molar-refractivity contribution in [3.63, 3.8) is 0 Å². The number of thiophene rings is 2. The van der Waals surface area contributed by atoms with Crippen LogP contribution in [0.5, 0.6) is 11.5 Å². The molecule has 2 saturated heterocycles. The maximum atomic E-state index is 13.6. The van der Waals surface area contributed by atoms with E-state index in [0.29, 0.717) is 96.0 Å². The van der Waals surface area contributed by atoms with Crippen LogP contribution >= 0.6 is 22.7 Å². The number of methoxy groups -OCH3 is 2. The van der Waals surface area contributed by atoms with Gasteiger partial charge in [0.25, 0.3) is 22.9 Å². The van der Waals surface area contributed by atoms with Gasteiger partial charge in [-0.1, -0.05) is 0 Å². The molecule has 2 amide bonds. The molecule has 71 heavy (non-hydrogen) atoms. The van der Waals surface area contributed by atoms with E-state index in [-0.39, 0.29) is 50.1 Å². The predicted molar refractivity (Wildman–Crippen MR) is 264 cm³/mol. The van der Waals surface area contributed by atoms with Gasteiger partial charge in [-0.05, 0) is 76.6 Å². The number of amides is 2. The van der Waals surface area contributed by atoms with E-state index in [1.807, 2.05) is 9.80 Å². The molecule has 0 bridgehead atoms. The minimum absolute atomic E-state index is 0. The highest BCUT2D eigenvalue weighted by Crippen LogP contribution is 2.31. The van der Waals surface area contributed by atoms with Gasteiger partial charge in [0, 0.05) is 80.0 Å². The molecule has 0 atom stereocenters. The Balaban J connectivity index is 0.000000188. The number of piperazine rings is 2. The van der Waals surface area contributed by atoms with Crippen LogP contribution < -0.4 is 46.6 Å². The fourth-order valence-corrected chi connectivity index (χ4v) is 9.70. The van der Waals surface area contributed by atoms with Gasteiger partial charge in [-0.25, -0.2) is 4.98 Å². The molecule has 8 heterocycles. The summed E-state index contributed by atoms with van der Waals surface area (Å²) in [4.78, 5) is 78.7. The zero-order valence-electron chi connectivity index (χ0n) is 37.8. The zero-order valence-corrected chi connectivity index (χ0v) is 39.4. The molecule has 0 aliphatic carbocycles. The number of hydrogen-bond donors (Lipinski definition) is 2. The minimum atomic E-state index is -0.545. The summed E-state index contributed by atoms with van der Waals surface area (Å²) in [6.07, 6.45) is 2.94. The number of nitrogens with two attached hydrogens (primary N) is 2. The van der Waals surface area contributed by atoms with Crippen LogP contribution in [0.4, 0.5) is 31.6 Å². The maximum absolute atomic E-state index is 13.6. The Morgan fingerprint density at radius 1 is 0.620 bits per heavy atom. The van der Waals surface area contributed by atoms with Gasteiger partial charge in [-0.15, -0.1) is 22.7 Å². The smallest absolute Gasteiger partial charge is 0.363 e. The largest absolute Gasteiger partial charge is 1.00 e. The first-order valence-electron chi connectivity index (χ1n) is 21.5. The number of hydrogen-bond acceptors (Lipinski definition) is 18. The van der Waals surface area contributed by atoms with Crippen molar-refractivity contribution in [2.24, 2.45) is 0 Å². The van der Waals surface area contributed by atoms with Gasteiger partial charge in [-0.2, -0.15) is 24.0 Å². The van der Waals surface area contributed by atoms with Crippen molar-refractivity contribution in [2.75, 3.05) is 87.8 Å². The fraction of sp³-hybridized carbons (Fsp3) is 0.217. The number of halogens is 2. The number of carbonyl (C=O) groups excluding carboxylic acids is 2. The molecule has 8 aromatic rings. The molecule has 366 valence electrons. The Labute approximate surface area is 409 Å². The monoisotopic (exact) mass is 1000 g/mol. The van der Waals surface area contributed by atoms with Gasteiger partial charge < -0.3 is 55.4 Å². The third kappa shape index (κ3) is 9.71. The van der Waals surface area contributed by atoms with E-state index in [4.69, 9.17) is 20.9 Å². The number of nitrogens with zero attached hydrogens (tertiary/aromatic N) is 11. The normalized spacial score (nSPS) is 13.6. The fourth-order valence-electron chi connectivity index (χ4n) is 8.12. The predicted octanol–water partition coefficient (Wildman–Crippen LogP) is 1.84. The molecule has 2 aliphatic rings. The highest BCUT2D eigenvalue weighted by molar-refractivity contribution is 7.16. The lowest BCUT2D eigenvalue weighted by atomic mass is 10.2. The van der Waals surface area contributed by atoms with Crippen LogP contribution in [0, 0.1) is 16.1 Å². The number of nitro groups is 1. The second kappa shape index (κ2) is 20.6. The zero-order chi connectivity index (χ0) is 49.2. The lowest BCUT2D eigenvalue weighted by Crippen LogP contribution is -3.00. The summed E-state index contributed by atoms with van der Waals surface area (Å²) in [7, 11) is 3.10. The van der Waals surface area contributed by atoms with Gasteiger partial charge in [0.2, 0.25) is 5.95 Å². The topological polar surface area (TPSA) is 256 Å². The van der Waals surface area contributed by atoms with Crippen molar-refractivity contribution in [3.8, 4) is 22.9 Å². The molecule has 0 radical (unpaired) electrons. The Kier molecular flexibility index (Phi) is 14.2. The maximum Gasteiger partial charge on any atom is 0.363 e. The van der Waals surface area contributed by atoms with Gasteiger partial charge in [0.15, 0.2) is 17.6 Å². The van der Waals surface area contributed by atoms with Gasteiger partial charge in [0.1, 0.15) is 11.5 Å². The van der Waals surface area contributed by atoms with Crippen molar-refractivity contribution in [2.45, 2.75) is 0 Å². The summed E-state index contributed by atoms with van der Waals surface area (Å²) in [6, 6.07) is 19.6. The van der Waals surface area contributed by atoms with Crippen molar-refractivity contribution in [3.05, 3.63) is 144 Å². The quantitative estimate of drug-likeness (QED) is 0.119. The second-order valence-electron chi connectivity index (χ2n) is 15.8. The average Bonchev–Trinajstić information content (AvgIpc) is 3.99. The number of ether oxygens (including phenoxy) is 2. The lowest BCUT2D eigenvalue weighted by molar-refractivity contribution is -0.389. The van der Waals surface area contributed by atoms with Crippen LogP contribution in [0.2, 0.25) is 0 Å². The van der Waals surface area contributed by atoms with E-state index in [1.54, 1.807) is 95.4 Å². The van der Waals surface area contributed by atoms with Crippen LogP contribution in [0.3, 0.4) is 0 Å². The van der Waals surface area contributed by atoms with Crippen molar-refractivity contribution in [1.29, 1.82) is 0 Å². The molecule has 21 nitrogen and oxygen atoms in total. The number of fused-ring (bicyclic) bond motifs is 2. The molecule has 2 fully saturated rings. The molecule has 0 unspecified atom stereocenters. The molecule has 10 rings (SSSR count). The van der Waals surface area contributed by atoms with Crippen molar-refractivity contribution >= 4 is 83.2 Å². The first kappa shape index (κ1) is 48.9. The van der Waals surface area contributed by atoms with Crippen LogP contribution in [0.15, 0.2) is 106 Å². The molecule has 25 heteroatoms. The van der Waals surface area contributed by atoms with E-state index in [1.165, 1.54) is 56.6 Å². The van der Waals surface area contributed by atoms with Gasteiger partial charge in [0.05, 0.1) is 63.9 Å². The molecule has 6 aromatic heterocycles. The van der Waals surface area contributed by atoms with E-state index < -0.39 is 16.4 Å². The van der Waals surface area contributed by atoms with Crippen LogP contribution in [0.25, 0.3) is 32.9 Å². The summed E-state index contributed by atoms with van der Waals surface area (Å²) in [5.74, 6) is -0.0680. The van der Waals surface area contributed by atoms with E-state index in [2.05, 4.69) is 20.2 Å². The lowest BCUT2D eigenvalue weighted by Gasteiger charge is -2.35. The first-order valence-corrected chi connectivity index (χ1v) is 23.3. The third-order valence-electron chi connectivity index (χ3n) is 11.9. The standard InChI is InChI=1S/C23H21FN6O3S.C23H21N7O5S.FH/c1-33-16-5-2-14(3-6-16)30-22(31)19-17(13-34-21(19)25)20(27-30)23(32)29-10-8-28(9-11-29)15-4-7-18(24)26-12-15;1-35-16-5-2-14(3-6-16)29-22(31)19-17(13-36-21(19)24)20(26-29)23(32)28-10-8-27(9-11-28)15-4-7-18(25-12-15)30(33)34;/h2-7,12-13H,8-11,25H2,1H3;2-7,12-13H,8-11,24H2,1H3;1H/p-1/i24-1;;1-1. The van der Waals surface area contributed by atoms with Crippen molar-refractivity contribution in [1.82, 2.24) is 39.3 Å². The Morgan fingerprint density at radius 3 is 1.37 bits per heavy atom. The molecular weight excluding hydrogens is 963 g/mol. The highest BCUT2D eigenvalue weighted by atomic mass is 32.1. The average molecular weight is 1010 g/mol. The summed E-state index contributed by atoms with van der Waals surface area (Å²) in [5.41, 5.74) is 14.3. The summed E-state index contributed by atoms with van der Waals surface area (Å²) in [5, 5.41) is 25.2. The van der Waals surface area contributed by atoms with E-state index in [9.17, 15) is 33.7 Å². The van der Waals surface area contributed by atoms with Crippen LogP contribution in [-0.4, -0.2) is 123 Å². The summed E-state index contributed by atoms with van der Waals surface area (Å²) in [6.45, 7) is 3.84. The Morgan fingerprint density at radius 2 is 1.01 bits per heavy atom. The van der Waals surface area contributed by atoms with Gasteiger partial charge >= 0.3 is 5.82 Å². The number of benzene rings is 2. The molecule has 2 aliphatic heterocycles. The Hall–Kier alpha value is -8.58. The minimum Gasteiger partial charge on any atom is -1.00 e. The number of rotatable bonds is 9. The Bertz CT molecular complexity index is 3370. The number of pyridine rings is 2. The third-order valence-corrected chi connectivity index (χ3v) is 13.5. The number of anilines is 4.